The second kappa shape index (κ2) is 9.60. The molecule has 2 fully saturated rings. The summed E-state index contributed by atoms with van der Waals surface area (Å²) in [5, 5.41) is 0. The van der Waals surface area contributed by atoms with Crippen LogP contribution in [0.2, 0.25) is 0 Å². The van der Waals surface area contributed by atoms with Gasteiger partial charge in [-0.1, -0.05) is 6.07 Å². The molecule has 0 N–H and O–H groups in total. The van der Waals surface area contributed by atoms with Crippen molar-refractivity contribution in [2.45, 2.75) is 37.7 Å². The number of nitrogens with zero attached hydrogens (tertiary/aromatic N) is 2. The van der Waals surface area contributed by atoms with Crippen molar-refractivity contribution in [3.63, 3.8) is 0 Å². The molecule has 0 bridgehead atoms. The molecular weight excluding hydrogens is 428 g/mol. The number of rotatable bonds is 6. The summed E-state index contributed by atoms with van der Waals surface area (Å²) in [5.74, 6) is 0.611. The highest BCUT2D eigenvalue weighted by molar-refractivity contribution is 7.89. The van der Waals surface area contributed by atoms with Crippen molar-refractivity contribution in [2.24, 2.45) is 0 Å². The third kappa shape index (κ3) is 4.98. The van der Waals surface area contributed by atoms with Gasteiger partial charge in [0.05, 0.1) is 11.0 Å². The predicted molar refractivity (Wildman–Crippen MR) is 121 cm³/mol. The summed E-state index contributed by atoms with van der Waals surface area (Å²) in [7, 11) is -3.57. The number of carbonyl (C=O) groups is 1. The molecule has 32 heavy (non-hydrogen) atoms. The number of carbonyl (C=O) groups excluding carboxylic acids is 1. The Balaban J connectivity index is 1.33. The first-order chi connectivity index (χ1) is 15.3. The van der Waals surface area contributed by atoms with Crippen LogP contribution in [0.4, 0.5) is 0 Å². The number of piperazine rings is 1. The summed E-state index contributed by atoms with van der Waals surface area (Å²) in [6.45, 7) is 6.46. The van der Waals surface area contributed by atoms with Crippen molar-refractivity contribution in [1.82, 2.24) is 9.21 Å². The lowest BCUT2D eigenvalue weighted by atomic mass is 10.1. The summed E-state index contributed by atoms with van der Waals surface area (Å²) in [5.41, 5.74) is 2.57. The number of amides is 1. The van der Waals surface area contributed by atoms with Crippen LogP contribution < -0.4 is 4.74 Å². The van der Waals surface area contributed by atoms with E-state index in [-0.39, 0.29) is 25.1 Å². The summed E-state index contributed by atoms with van der Waals surface area (Å²) < 4.78 is 38.8. The van der Waals surface area contributed by atoms with Gasteiger partial charge in [-0.3, -0.25) is 4.79 Å². The zero-order valence-corrected chi connectivity index (χ0v) is 19.4. The average Bonchev–Trinajstić information content (AvgIpc) is 3.33. The first kappa shape index (κ1) is 22.8. The second-order valence-corrected chi connectivity index (χ2v) is 10.4. The highest BCUT2D eigenvalue weighted by Gasteiger charge is 2.30. The van der Waals surface area contributed by atoms with Crippen LogP contribution in [-0.4, -0.2) is 69.0 Å². The maximum atomic E-state index is 13.0. The smallest absolute Gasteiger partial charge is 0.253 e. The molecule has 0 radical (unpaired) electrons. The van der Waals surface area contributed by atoms with E-state index in [4.69, 9.17) is 9.47 Å². The molecule has 0 aliphatic carbocycles. The van der Waals surface area contributed by atoms with Gasteiger partial charge >= 0.3 is 0 Å². The van der Waals surface area contributed by atoms with Crippen molar-refractivity contribution < 1.29 is 22.7 Å². The quantitative estimate of drug-likeness (QED) is 0.665. The number of sulfonamides is 1. The minimum Gasteiger partial charge on any atom is -0.491 e. The largest absolute Gasteiger partial charge is 0.491 e. The average molecular weight is 459 g/mol. The number of hydrogen-bond acceptors (Lipinski definition) is 5. The maximum absolute atomic E-state index is 13.0. The molecule has 1 atom stereocenters. The number of aryl methyl sites for hydroxylation is 2. The molecule has 2 saturated heterocycles. The minimum absolute atomic E-state index is 0.0982. The Morgan fingerprint density at radius 1 is 1.03 bits per heavy atom. The van der Waals surface area contributed by atoms with E-state index < -0.39 is 10.0 Å². The topological polar surface area (TPSA) is 76.2 Å². The molecule has 1 unspecified atom stereocenters. The molecule has 0 aromatic heterocycles. The van der Waals surface area contributed by atoms with Gasteiger partial charge < -0.3 is 14.4 Å². The van der Waals surface area contributed by atoms with Gasteiger partial charge in [-0.05, 0) is 74.2 Å². The monoisotopic (exact) mass is 458 g/mol. The molecule has 8 heteroatoms. The lowest BCUT2D eigenvalue weighted by Crippen LogP contribution is -2.50. The first-order valence-corrected chi connectivity index (χ1v) is 12.5. The molecular formula is C24H30N2O5S. The SMILES string of the molecule is Cc1ccc(S(=O)(=O)N2CCN(C(=O)c3ccc(OCC4CCCO4)cc3)CC2)cc1C. The van der Waals surface area contributed by atoms with E-state index in [0.29, 0.717) is 35.9 Å². The lowest BCUT2D eigenvalue weighted by Gasteiger charge is -2.34. The standard InChI is InChI=1S/C24H30N2O5S/c1-18-5-10-23(16-19(18)2)32(28,29)26-13-11-25(12-14-26)24(27)20-6-8-21(9-7-20)31-17-22-4-3-15-30-22/h5-10,16,22H,3-4,11-15,17H2,1-2H3. The van der Waals surface area contributed by atoms with E-state index in [0.717, 1.165) is 30.6 Å². The molecule has 172 valence electrons. The highest BCUT2D eigenvalue weighted by Crippen LogP contribution is 2.22. The maximum Gasteiger partial charge on any atom is 0.253 e. The van der Waals surface area contributed by atoms with E-state index in [1.807, 2.05) is 19.9 Å². The van der Waals surface area contributed by atoms with E-state index in [9.17, 15) is 13.2 Å². The van der Waals surface area contributed by atoms with Crippen LogP contribution in [0.25, 0.3) is 0 Å². The fraction of sp³-hybridized carbons (Fsp3) is 0.458. The Labute approximate surface area is 190 Å². The zero-order chi connectivity index (χ0) is 22.7. The minimum atomic E-state index is -3.57. The Morgan fingerprint density at radius 2 is 1.75 bits per heavy atom. The van der Waals surface area contributed by atoms with Crippen LogP contribution in [0.3, 0.4) is 0 Å². The van der Waals surface area contributed by atoms with Gasteiger partial charge in [-0.25, -0.2) is 8.42 Å². The molecule has 2 aliphatic rings. The number of ether oxygens (including phenoxy) is 2. The van der Waals surface area contributed by atoms with E-state index in [2.05, 4.69) is 0 Å². The van der Waals surface area contributed by atoms with Gasteiger partial charge in [0.25, 0.3) is 5.91 Å². The van der Waals surface area contributed by atoms with Crippen LogP contribution >= 0.6 is 0 Å². The Hall–Kier alpha value is -2.42. The summed E-state index contributed by atoms with van der Waals surface area (Å²) in [4.78, 5) is 14.9. The molecule has 0 saturated carbocycles. The van der Waals surface area contributed by atoms with Crippen LogP contribution in [0.5, 0.6) is 5.75 Å². The summed E-state index contributed by atoms with van der Waals surface area (Å²) in [6.07, 6.45) is 2.23. The molecule has 2 aliphatic heterocycles. The van der Waals surface area contributed by atoms with Gasteiger partial charge in [0.15, 0.2) is 0 Å². The van der Waals surface area contributed by atoms with Crippen molar-refractivity contribution in [3.05, 3.63) is 59.2 Å². The van der Waals surface area contributed by atoms with Crippen LogP contribution in [-0.2, 0) is 14.8 Å². The predicted octanol–water partition coefficient (Wildman–Crippen LogP) is 3.01. The Kier molecular flexibility index (Phi) is 6.83. The molecule has 2 aromatic rings. The normalized spacial score (nSPS) is 19.8. The number of benzene rings is 2. The van der Waals surface area contributed by atoms with Gasteiger partial charge in [0.1, 0.15) is 12.4 Å². The van der Waals surface area contributed by atoms with Crippen molar-refractivity contribution in [3.8, 4) is 5.75 Å². The van der Waals surface area contributed by atoms with Crippen molar-refractivity contribution in [2.75, 3.05) is 39.4 Å². The zero-order valence-electron chi connectivity index (χ0n) is 18.6. The highest BCUT2D eigenvalue weighted by atomic mass is 32.2. The van der Waals surface area contributed by atoms with Crippen molar-refractivity contribution in [1.29, 1.82) is 0 Å². The number of hydrogen-bond donors (Lipinski definition) is 0. The lowest BCUT2D eigenvalue weighted by molar-refractivity contribution is 0.0676. The fourth-order valence-corrected chi connectivity index (χ4v) is 5.50. The van der Waals surface area contributed by atoms with E-state index >= 15 is 0 Å². The Morgan fingerprint density at radius 3 is 2.38 bits per heavy atom. The third-order valence-corrected chi connectivity index (χ3v) is 8.10. The molecule has 2 aromatic carbocycles. The van der Waals surface area contributed by atoms with Gasteiger partial charge in [-0.15, -0.1) is 0 Å². The molecule has 7 nitrogen and oxygen atoms in total. The van der Waals surface area contributed by atoms with Gasteiger partial charge in [0.2, 0.25) is 10.0 Å². The summed E-state index contributed by atoms with van der Waals surface area (Å²) in [6, 6.07) is 12.3. The molecule has 1 amide bonds. The van der Waals surface area contributed by atoms with E-state index in [1.165, 1.54) is 4.31 Å². The van der Waals surface area contributed by atoms with Crippen LogP contribution in [0.15, 0.2) is 47.4 Å². The van der Waals surface area contributed by atoms with Crippen molar-refractivity contribution >= 4 is 15.9 Å². The van der Waals surface area contributed by atoms with Gasteiger partial charge in [0, 0.05) is 38.3 Å². The first-order valence-electron chi connectivity index (χ1n) is 11.1. The molecule has 0 spiro atoms. The van der Waals surface area contributed by atoms with E-state index in [1.54, 1.807) is 41.3 Å². The van der Waals surface area contributed by atoms with Crippen LogP contribution in [0, 0.1) is 13.8 Å². The third-order valence-electron chi connectivity index (χ3n) is 6.20. The summed E-state index contributed by atoms with van der Waals surface area (Å²) >= 11 is 0. The Bertz CT molecular complexity index is 1050. The van der Waals surface area contributed by atoms with Gasteiger partial charge in [-0.2, -0.15) is 4.31 Å². The second-order valence-electron chi connectivity index (χ2n) is 8.41. The molecule has 4 rings (SSSR count). The van der Waals surface area contributed by atoms with Crippen LogP contribution in [0.1, 0.15) is 34.3 Å². The fourth-order valence-electron chi connectivity index (χ4n) is 4.00. The molecule has 2 heterocycles.